The Kier molecular flexibility index (Phi) is 11.2. The molecule has 3 unspecified atom stereocenters. The van der Waals surface area contributed by atoms with Gasteiger partial charge in [0.2, 0.25) is 0 Å². The molecule has 28 heavy (non-hydrogen) atoms. The number of guanidine groups is 1. The van der Waals surface area contributed by atoms with Crippen LogP contribution in [0.15, 0.2) is 4.99 Å². The summed E-state index contributed by atoms with van der Waals surface area (Å²) >= 11 is 2.11. The third kappa shape index (κ3) is 6.89. The van der Waals surface area contributed by atoms with Crippen molar-refractivity contribution >= 4 is 41.7 Å². The summed E-state index contributed by atoms with van der Waals surface area (Å²) in [6, 6.07) is 0.463. The van der Waals surface area contributed by atoms with Crippen LogP contribution in [0.3, 0.4) is 0 Å². The minimum absolute atomic E-state index is 0. The fourth-order valence-electron chi connectivity index (χ4n) is 4.20. The molecule has 6 nitrogen and oxygen atoms in total. The van der Waals surface area contributed by atoms with E-state index >= 15 is 0 Å². The summed E-state index contributed by atoms with van der Waals surface area (Å²) in [5.74, 6) is 3.59. The van der Waals surface area contributed by atoms with Crippen LogP contribution in [-0.2, 0) is 9.47 Å². The number of hydrogen-bond donors (Lipinski definition) is 1. The predicted octanol–water partition coefficient (Wildman–Crippen LogP) is 2.38. The summed E-state index contributed by atoms with van der Waals surface area (Å²) in [6.07, 6.45) is 1.16. The second kappa shape index (κ2) is 12.8. The largest absolute Gasteiger partial charge is 0.381 e. The zero-order chi connectivity index (χ0) is 19.1. The molecule has 0 spiro atoms. The van der Waals surface area contributed by atoms with Gasteiger partial charge in [-0.05, 0) is 19.3 Å². The molecule has 0 bridgehead atoms. The number of hydrogen-bond acceptors (Lipinski definition) is 5. The topological polar surface area (TPSA) is 49.3 Å². The van der Waals surface area contributed by atoms with Crippen molar-refractivity contribution < 1.29 is 9.47 Å². The molecule has 0 amide bonds. The third-order valence-corrected chi connectivity index (χ3v) is 7.46. The summed E-state index contributed by atoms with van der Waals surface area (Å²) in [6.45, 7) is 16.3. The van der Waals surface area contributed by atoms with Crippen LogP contribution in [0.2, 0.25) is 0 Å². The Morgan fingerprint density at radius 2 is 1.96 bits per heavy atom. The first-order chi connectivity index (χ1) is 13.2. The lowest BCUT2D eigenvalue weighted by Crippen LogP contribution is -2.51. The lowest BCUT2D eigenvalue weighted by atomic mass is 9.97. The van der Waals surface area contributed by atoms with Gasteiger partial charge in [0.05, 0.1) is 26.4 Å². The van der Waals surface area contributed by atoms with Crippen LogP contribution in [0.1, 0.15) is 27.2 Å². The van der Waals surface area contributed by atoms with Gasteiger partial charge in [-0.15, -0.1) is 24.0 Å². The van der Waals surface area contributed by atoms with Crippen LogP contribution >= 0.6 is 35.7 Å². The summed E-state index contributed by atoms with van der Waals surface area (Å²) in [4.78, 5) is 10.2. The molecule has 0 saturated carbocycles. The highest BCUT2D eigenvalue weighted by Crippen LogP contribution is 2.26. The van der Waals surface area contributed by atoms with E-state index in [0.717, 1.165) is 78.1 Å². The van der Waals surface area contributed by atoms with Crippen molar-refractivity contribution in [1.82, 2.24) is 15.1 Å². The molecule has 3 heterocycles. The SMILES string of the molecule is CCNC(=NCC(C1CCOC1)N1CCOCC1)N1CCSC(C(C)C)C1.I. The molecule has 164 valence electrons. The van der Waals surface area contributed by atoms with Gasteiger partial charge in [0.25, 0.3) is 0 Å². The summed E-state index contributed by atoms with van der Waals surface area (Å²) in [5.41, 5.74) is 0. The normalized spacial score (nSPS) is 28.3. The molecule has 3 atom stereocenters. The first-order valence-corrected chi connectivity index (χ1v) is 11.8. The van der Waals surface area contributed by atoms with E-state index < -0.39 is 0 Å². The molecule has 0 radical (unpaired) electrons. The highest BCUT2D eigenvalue weighted by molar-refractivity contribution is 14.0. The molecule has 3 fully saturated rings. The Morgan fingerprint density at radius 1 is 1.18 bits per heavy atom. The Bertz CT molecular complexity index is 471. The van der Waals surface area contributed by atoms with Gasteiger partial charge >= 0.3 is 0 Å². The summed E-state index contributed by atoms with van der Waals surface area (Å²) in [7, 11) is 0. The molecule has 0 aromatic rings. The van der Waals surface area contributed by atoms with E-state index in [1.54, 1.807) is 0 Å². The van der Waals surface area contributed by atoms with Gasteiger partial charge in [-0.3, -0.25) is 9.89 Å². The monoisotopic (exact) mass is 526 g/mol. The van der Waals surface area contributed by atoms with E-state index in [1.165, 1.54) is 5.75 Å². The maximum Gasteiger partial charge on any atom is 0.194 e. The van der Waals surface area contributed by atoms with Crippen molar-refractivity contribution in [1.29, 1.82) is 0 Å². The van der Waals surface area contributed by atoms with Crippen molar-refractivity contribution in [3.63, 3.8) is 0 Å². The number of nitrogens with one attached hydrogen (secondary N) is 1. The zero-order valence-electron chi connectivity index (χ0n) is 17.8. The number of rotatable bonds is 6. The molecule has 3 aliphatic heterocycles. The maximum atomic E-state index is 5.70. The van der Waals surface area contributed by atoms with E-state index in [-0.39, 0.29) is 24.0 Å². The molecule has 0 aromatic heterocycles. The molecule has 8 heteroatoms. The Balaban J connectivity index is 0.00000280. The van der Waals surface area contributed by atoms with Gasteiger partial charge in [-0.25, -0.2) is 0 Å². The molecule has 3 aliphatic rings. The lowest BCUT2D eigenvalue weighted by molar-refractivity contribution is 0.00363. The standard InChI is InChI=1S/C20H38N4O2S.HI/c1-4-21-20(24-8-12-27-19(14-24)16(2)3)22-13-18(17-5-9-26-15-17)23-6-10-25-11-7-23;/h16-19H,4-15H2,1-3H3,(H,21,22);1H. The lowest BCUT2D eigenvalue weighted by Gasteiger charge is -2.38. The second-order valence-corrected chi connectivity index (χ2v) is 9.48. The number of aliphatic imine (C=N–C) groups is 1. The quantitative estimate of drug-likeness (QED) is 0.326. The maximum absolute atomic E-state index is 5.70. The van der Waals surface area contributed by atoms with Crippen molar-refractivity contribution in [3.8, 4) is 0 Å². The van der Waals surface area contributed by atoms with Crippen LogP contribution in [0.5, 0.6) is 0 Å². The minimum atomic E-state index is 0. The van der Waals surface area contributed by atoms with E-state index in [0.29, 0.717) is 23.1 Å². The van der Waals surface area contributed by atoms with Crippen LogP contribution in [-0.4, -0.2) is 98.5 Å². The van der Waals surface area contributed by atoms with E-state index in [1.807, 2.05) is 0 Å². The highest BCUT2D eigenvalue weighted by atomic mass is 127. The molecular formula is C20H39IN4O2S. The number of nitrogens with zero attached hydrogens (tertiary/aromatic N) is 3. The Hall–Kier alpha value is 0.230. The van der Waals surface area contributed by atoms with E-state index in [4.69, 9.17) is 14.5 Å². The van der Waals surface area contributed by atoms with E-state index in [9.17, 15) is 0 Å². The van der Waals surface area contributed by atoms with Crippen molar-refractivity contribution in [2.75, 3.05) is 71.4 Å². The second-order valence-electron chi connectivity index (χ2n) is 8.13. The zero-order valence-corrected chi connectivity index (χ0v) is 20.9. The smallest absolute Gasteiger partial charge is 0.194 e. The van der Waals surface area contributed by atoms with Gasteiger partial charge in [0, 0.05) is 62.3 Å². The third-order valence-electron chi connectivity index (χ3n) is 5.92. The van der Waals surface area contributed by atoms with Gasteiger partial charge in [0.15, 0.2) is 5.96 Å². The van der Waals surface area contributed by atoms with Gasteiger partial charge in [-0.2, -0.15) is 11.8 Å². The number of halogens is 1. The van der Waals surface area contributed by atoms with Crippen molar-refractivity contribution in [2.45, 2.75) is 38.5 Å². The first-order valence-electron chi connectivity index (χ1n) is 10.7. The van der Waals surface area contributed by atoms with Crippen LogP contribution in [0, 0.1) is 11.8 Å². The minimum Gasteiger partial charge on any atom is -0.381 e. The van der Waals surface area contributed by atoms with Crippen molar-refractivity contribution in [2.24, 2.45) is 16.8 Å². The van der Waals surface area contributed by atoms with Crippen molar-refractivity contribution in [3.05, 3.63) is 0 Å². The van der Waals surface area contributed by atoms with Crippen LogP contribution in [0.25, 0.3) is 0 Å². The molecular weight excluding hydrogens is 487 g/mol. The molecule has 0 aromatic carbocycles. The van der Waals surface area contributed by atoms with E-state index in [2.05, 4.69) is 47.6 Å². The van der Waals surface area contributed by atoms with Gasteiger partial charge in [-0.1, -0.05) is 13.8 Å². The average molecular weight is 527 g/mol. The predicted molar refractivity (Wildman–Crippen MR) is 129 cm³/mol. The van der Waals surface area contributed by atoms with Gasteiger partial charge in [0.1, 0.15) is 0 Å². The first kappa shape index (κ1) is 24.5. The van der Waals surface area contributed by atoms with Crippen LogP contribution < -0.4 is 5.32 Å². The van der Waals surface area contributed by atoms with Crippen LogP contribution in [0.4, 0.5) is 0 Å². The average Bonchev–Trinajstić information content (AvgIpc) is 3.23. The molecule has 3 rings (SSSR count). The Morgan fingerprint density at radius 3 is 2.61 bits per heavy atom. The molecule has 0 aliphatic carbocycles. The Labute approximate surface area is 192 Å². The fourth-order valence-corrected chi connectivity index (χ4v) is 5.50. The summed E-state index contributed by atoms with van der Waals surface area (Å²) < 4.78 is 11.3. The summed E-state index contributed by atoms with van der Waals surface area (Å²) in [5, 5.41) is 4.25. The van der Waals surface area contributed by atoms with Gasteiger partial charge < -0.3 is 19.7 Å². The number of ether oxygens (including phenoxy) is 2. The highest BCUT2D eigenvalue weighted by Gasteiger charge is 2.32. The molecule has 3 saturated heterocycles. The molecule has 1 N–H and O–H groups in total. The number of morpholine rings is 1. The number of thioether (sulfide) groups is 1. The fraction of sp³-hybridized carbons (Fsp3) is 0.950.